The number of amides is 1. The molecule has 1 amide bonds. The highest BCUT2D eigenvalue weighted by molar-refractivity contribution is 8.08. The molecule has 114 valence electrons. The number of fused-ring (bicyclic) bond motifs is 1. The molecular weight excluding hydrogens is 322 g/mol. The second-order valence-electron chi connectivity index (χ2n) is 4.69. The maximum atomic E-state index is 11.8. The van der Waals surface area contributed by atoms with E-state index < -0.39 is 12.0 Å². The third kappa shape index (κ3) is 2.65. The van der Waals surface area contributed by atoms with Crippen LogP contribution in [0.1, 0.15) is 5.69 Å². The largest absolute Gasteiger partial charge is 0.477 e. The summed E-state index contributed by atoms with van der Waals surface area (Å²) in [7, 11) is 0. The van der Waals surface area contributed by atoms with Crippen LogP contribution >= 0.6 is 23.5 Å². The number of carboxylic acids is 1. The van der Waals surface area contributed by atoms with Crippen LogP contribution in [0.5, 0.6) is 0 Å². The standard InChI is InChI=1S/C14H13N3O3S2/c15-10-12(18)17-11(14(19)20)9(7-22-13(10)17)21-6-4-8-3-1-2-5-16-8/h1-6,10,13H,7,15H2,(H,19,20)/b6-4+/t10?,13-/m0/s1. The Kier molecular flexibility index (Phi) is 4.23. The van der Waals surface area contributed by atoms with Crippen molar-refractivity contribution in [3.63, 3.8) is 0 Å². The van der Waals surface area contributed by atoms with Crippen molar-refractivity contribution in [3.8, 4) is 0 Å². The lowest BCUT2D eigenvalue weighted by Gasteiger charge is -2.47. The molecule has 0 saturated carbocycles. The summed E-state index contributed by atoms with van der Waals surface area (Å²) in [6.07, 6.45) is 3.49. The molecule has 0 aliphatic carbocycles. The SMILES string of the molecule is NC1C(=O)N2C(C(=O)O)=C(S/C=C/c3ccccn3)CS[C@@H]12. The van der Waals surface area contributed by atoms with Crippen LogP contribution in [0.2, 0.25) is 0 Å². The molecule has 3 N–H and O–H groups in total. The average Bonchev–Trinajstić information content (AvgIpc) is 2.54. The predicted octanol–water partition coefficient (Wildman–Crippen LogP) is 1.32. The lowest BCUT2D eigenvalue weighted by molar-refractivity contribution is -0.147. The Morgan fingerprint density at radius 1 is 1.55 bits per heavy atom. The number of β-lactam (4-membered cyclic amide) rings is 1. The van der Waals surface area contributed by atoms with Gasteiger partial charge in [0.15, 0.2) is 0 Å². The van der Waals surface area contributed by atoms with Gasteiger partial charge < -0.3 is 10.8 Å². The van der Waals surface area contributed by atoms with E-state index in [9.17, 15) is 14.7 Å². The summed E-state index contributed by atoms with van der Waals surface area (Å²) < 4.78 is 0. The van der Waals surface area contributed by atoms with Gasteiger partial charge in [0.25, 0.3) is 0 Å². The molecule has 3 rings (SSSR count). The summed E-state index contributed by atoms with van der Waals surface area (Å²) in [6.45, 7) is 0. The predicted molar refractivity (Wildman–Crippen MR) is 86.6 cm³/mol. The van der Waals surface area contributed by atoms with E-state index in [1.54, 1.807) is 17.7 Å². The highest BCUT2D eigenvalue weighted by Crippen LogP contribution is 2.42. The number of aromatic nitrogens is 1. The minimum Gasteiger partial charge on any atom is -0.477 e. The summed E-state index contributed by atoms with van der Waals surface area (Å²) in [5, 5.41) is 10.9. The Bertz CT molecular complexity index is 675. The first-order valence-corrected chi connectivity index (χ1v) is 8.43. The molecular formula is C14H13N3O3S2. The van der Waals surface area contributed by atoms with Gasteiger partial charge in [-0.3, -0.25) is 14.7 Å². The molecule has 8 heteroatoms. The fourth-order valence-electron chi connectivity index (χ4n) is 2.24. The number of thioether (sulfide) groups is 2. The van der Waals surface area contributed by atoms with Gasteiger partial charge >= 0.3 is 5.97 Å². The molecule has 2 aliphatic heterocycles. The van der Waals surface area contributed by atoms with E-state index in [2.05, 4.69) is 4.98 Å². The van der Waals surface area contributed by atoms with Gasteiger partial charge in [-0.1, -0.05) is 17.8 Å². The number of rotatable bonds is 4. The number of carbonyl (C=O) groups excluding carboxylic acids is 1. The van der Waals surface area contributed by atoms with Gasteiger partial charge in [-0.25, -0.2) is 4.79 Å². The first-order valence-electron chi connectivity index (χ1n) is 6.50. The lowest BCUT2D eigenvalue weighted by Crippen LogP contribution is -2.68. The van der Waals surface area contributed by atoms with E-state index in [0.717, 1.165) is 5.69 Å². The van der Waals surface area contributed by atoms with Crippen molar-refractivity contribution in [1.82, 2.24) is 9.88 Å². The summed E-state index contributed by atoms with van der Waals surface area (Å²) in [4.78, 5) is 29.4. The van der Waals surface area contributed by atoms with Gasteiger partial charge in [0, 0.05) is 16.9 Å². The molecule has 2 aliphatic rings. The van der Waals surface area contributed by atoms with Gasteiger partial charge in [0.1, 0.15) is 17.1 Å². The minimum absolute atomic E-state index is 0.0473. The normalized spacial score (nSPS) is 24.4. The summed E-state index contributed by atoms with van der Waals surface area (Å²) >= 11 is 2.78. The first kappa shape index (κ1) is 15.1. The fraction of sp³-hybridized carbons (Fsp3) is 0.214. The third-order valence-electron chi connectivity index (χ3n) is 3.31. The topological polar surface area (TPSA) is 96.5 Å². The molecule has 0 aromatic carbocycles. The number of hydrogen-bond acceptors (Lipinski definition) is 6. The number of pyridine rings is 1. The number of hydrogen-bond donors (Lipinski definition) is 2. The number of carboxylic acid groups (broad SMARTS) is 1. The van der Waals surface area contributed by atoms with Crippen LogP contribution in [0.25, 0.3) is 6.08 Å². The van der Waals surface area contributed by atoms with Crippen LogP contribution in [0.4, 0.5) is 0 Å². The molecule has 1 saturated heterocycles. The van der Waals surface area contributed by atoms with Gasteiger partial charge in [-0.15, -0.1) is 11.8 Å². The number of carbonyl (C=O) groups is 2. The first-order chi connectivity index (χ1) is 10.6. The zero-order valence-corrected chi connectivity index (χ0v) is 13.0. The molecule has 1 aromatic rings. The van der Waals surface area contributed by atoms with Crippen LogP contribution < -0.4 is 5.73 Å². The average molecular weight is 335 g/mol. The van der Waals surface area contributed by atoms with E-state index in [1.165, 1.54) is 28.4 Å². The number of aliphatic carboxylic acids is 1. The van der Waals surface area contributed by atoms with Crippen molar-refractivity contribution in [2.24, 2.45) is 5.73 Å². The zero-order valence-electron chi connectivity index (χ0n) is 11.4. The Morgan fingerprint density at radius 2 is 2.36 bits per heavy atom. The van der Waals surface area contributed by atoms with Crippen molar-refractivity contribution in [1.29, 1.82) is 0 Å². The molecule has 0 bridgehead atoms. The van der Waals surface area contributed by atoms with Gasteiger partial charge in [-0.2, -0.15) is 0 Å². The molecule has 0 spiro atoms. The molecule has 0 radical (unpaired) electrons. The quantitative estimate of drug-likeness (QED) is 0.801. The van der Waals surface area contributed by atoms with E-state index in [4.69, 9.17) is 5.73 Å². The molecule has 1 aromatic heterocycles. The molecule has 1 unspecified atom stereocenters. The molecule has 22 heavy (non-hydrogen) atoms. The van der Waals surface area contributed by atoms with Crippen molar-refractivity contribution in [3.05, 3.63) is 46.1 Å². The fourth-order valence-corrected chi connectivity index (χ4v) is 4.52. The Balaban J connectivity index is 1.80. The second-order valence-corrected chi connectivity index (χ2v) is 6.79. The van der Waals surface area contributed by atoms with Crippen LogP contribution in [0.3, 0.4) is 0 Å². The number of nitrogens with zero attached hydrogens (tertiary/aromatic N) is 2. The second kappa shape index (κ2) is 6.15. The molecule has 2 atom stereocenters. The zero-order chi connectivity index (χ0) is 15.7. The van der Waals surface area contributed by atoms with E-state index >= 15 is 0 Å². The van der Waals surface area contributed by atoms with Gasteiger partial charge in [-0.05, 0) is 23.6 Å². The summed E-state index contributed by atoms with van der Waals surface area (Å²) in [5.74, 6) is -0.901. The highest BCUT2D eigenvalue weighted by Gasteiger charge is 2.51. The summed E-state index contributed by atoms with van der Waals surface area (Å²) in [6, 6.07) is 4.95. The van der Waals surface area contributed by atoms with Crippen LogP contribution in [0.15, 0.2) is 40.4 Å². The van der Waals surface area contributed by atoms with Gasteiger partial charge in [0.2, 0.25) is 5.91 Å². The monoisotopic (exact) mass is 335 g/mol. The molecule has 1 fully saturated rings. The lowest BCUT2D eigenvalue weighted by atomic mass is 10.1. The van der Waals surface area contributed by atoms with Crippen LogP contribution in [-0.4, -0.2) is 44.0 Å². The van der Waals surface area contributed by atoms with Crippen molar-refractivity contribution in [2.45, 2.75) is 11.4 Å². The summed E-state index contributed by atoms with van der Waals surface area (Å²) in [5.41, 5.74) is 6.54. The van der Waals surface area contributed by atoms with Gasteiger partial charge in [0.05, 0.1) is 5.69 Å². The Labute approximate surface area is 135 Å². The van der Waals surface area contributed by atoms with Crippen molar-refractivity contribution in [2.75, 3.05) is 5.75 Å². The molecule has 6 nitrogen and oxygen atoms in total. The Morgan fingerprint density at radius 3 is 3.05 bits per heavy atom. The molecule has 3 heterocycles. The number of nitrogens with two attached hydrogens (primary N) is 1. The smallest absolute Gasteiger partial charge is 0.353 e. The van der Waals surface area contributed by atoms with E-state index in [1.807, 2.05) is 18.2 Å². The van der Waals surface area contributed by atoms with Crippen molar-refractivity contribution < 1.29 is 14.7 Å². The maximum Gasteiger partial charge on any atom is 0.353 e. The maximum absolute atomic E-state index is 11.8. The van der Waals surface area contributed by atoms with E-state index in [-0.39, 0.29) is 17.0 Å². The van der Waals surface area contributed by atoms with E-state index in [0.29, 0.717) is 10.7 Å². The van der Waals surface area contributed by atoms with Crippen LogP contribution in [-0.2, 0) is 9.59 Å². The van der Waals surface area contributed by atoms with Crippen LogP contribution in [0, 0.1) is 0 Å². The third-order valence-corrected chi connectivity index (χ3v) is 5.69. The highest BCUT2D eigenvalue weighted by atomic mass is 32.2. The van der Waals surface area contributed by atoms with Crippen molar-refractivity contribution >= 4 is 41.5 Å². The minimum atomic E-state index is -1.10. The Hall–Kier alpha value is -1.77.